The Morgan fingerprint density at radius 2 is 1.48 bits per heavy atom. The van der Waals surface area contributed by atoms with Gasteiger partial charge in [-0.15, -0.1) is 0 Å². The maximum absolute atomic E-state index is 12.7. The van der Waals surface area contributed by atoms with Crippen LogP contribution < -0.4 is 4.72 Å². The van der Waals surface area contributed by atoms with Gasteiger partial charge in [0.1, 0.15) is 0 Å². The fraction of sp³-hybridized carbons (Fsp3) is 0.556. The van der Waals surface area contributed by atoms with Crippen LogP contribution in [0, 0.1) is 5.92 Å². The molecule has 1 heterocycles. The minimum atomic E-state index is -5.61. The van der Waals surface area contributed by atoms with Gasteiger partial charge in [-0.3, -0.25) is 9.11 Å². The molecule has 18 heteroatoms. The van der Waals surface area contributed by atoms with E-state index < -0.39 is 52.6 Å². The number of rotatable bonds is 5. The third-order valence-corrected chi connectivity index (χ3v) is 6.76. The molecule has 0 aliphatic carbocycles. The molecule has 1 rings (SSSR count). The molecule has 27 heavy (non-hydrogen) atoms. The van der Waals surface area contributed by atoms with Gasteiger partial charge in [0.25, 0.3) is 0 Å². The SMILES string of the molecule is O=S(=O)(N[C@H]([CH2][Na])C(C(F)(F)F)C(F)(F)F)c1ccc(Cl)s1.O=S(=O)(O)O. The van der Waals surface area contributed by atoms with E-state index in [0.717, 1.165) is 6.07 Å². The zero-order valence-corrected chi connectivity index (χ0v) is 18.1. The summed E-state index contributed by atoms with van der Waals surface area (Å²) in [7, 11) is -9.18. The quantitative estimate of drug-likeness (QED) is 0.328. The average molecular weight is 496 g/mol. The van der Waals surface area contributed by atoms with E-state index >= 15 is 0 Å². The minimum absolute atomic E-state index is 0.0472. The van der Waals surface area contributed by atoms with Crippen molar-refractivity contribution in [1.29, 1.82) is 0 Å². The predicted molar refractivity (Wildman–Crippen MR) is 83.8 cm³/mol. The van der Waals surface area contributed by atoms with Crippen molar-refractivity contribution >= 4 is 71.3 Å². The fourth-order valence-electron chi connectivity index (χ4n) is 1.73. The van der Waals surface area contributed by atoms with Crippen LogP contribution in [0.4, 0.5) is 26.3 Å². The molecule has 0 radical (unpaired) electrons. The molecule has 0 aliphatic heterocycles. The van der Waals surface area contributed by atoms with Gasteiger partial charge in [-0.2, -0.15) is 8.42 Å². The molecule has 7 nitrogen and oxygen atoms in total. The number of hydrogen-bond acceptors (Lipinski definition) is 5. The number of hydrogen-bond donors (Lipinski definition) is 3. The Kier molecular flexibility index (Phi) is 10.0. The molecule has 0 aromatic carbocycles. The standard InChI is InChI=1S/C9H7ClF6NO2S2.Na.H2O4S/c1-4(7(8(11,12)13)9(14,15)16)17-21(18,19)6-3-2-5(10)20-6;;1-5(2,3)4/h2-4,7,17H,1H2;;(H2,1,2,3,4)/t4-;;/m1../s1. The van der Waals surface area contributed by atoms with Gasteiger partial charge in [0, 0.05) is 0 Å². The summed E-state index contributed by atoms with van der Waals surface area (Å²) in [4.78, 5) is 0. The zero-order chi connectivity index (χ0) is 21.8. The van der Waals surface area contributed by atoms with E-state index in [1.165, 1.54) is 10.8 Å². The first-order valence-electron chi connectivity index (χ1n) is 6.40. The first-order valence-corrected chi connectivity index (χ1v) is 11.9. The average Bonchev–Trinajstić information content (AvgIpc) is 2.79. The molecule has 0 aliphatic rings. The van der Waals surface area contributed by atoms with Crippen LogP contribution in [0.25, 0.3) is 0 Å². The van der Waals surface area contributed by atoms with Crippen molar-refractivity contribution in [3.05, 3.63) is 16.5 Å². The van der Waals surface area contributed by atoms with E-state index in [0.29, 0.717) is 11.3 Å². The second-order valence-electron chi connectivity index (χ2n) is 4.70. The smallest absolute Gasteiger partial charge is 0.264 e. The summed E-state index contributed by atoms with van der Waals surface area (Å²) in [5, 5.41) is 0. The normalized spacial score (nSPS) is 14.7. The van der Waals surface area contributed by atoms with Crippen LogP contribution in [0.5, 0.6) is 0 Å². The molecular formula is C9H9ClF6NNaO6S3. The first-order chi connectivity index (χ1) is 11.8. The second-order valence-corrected chi connectivity index (χ2v) is 10.1. The van der Waals surface area contributed by atoms with Gasteiger partial charge >= 0.3 is 159 Å². The van der Waals surface area contributed by atoms with Crippen molar-refractivity contribution < 1.29 is 52.3 Å². The maximum atomic E-state index is 12.7. The maximum Gasteiger partial charge on any atom is 0.394 e. The molecule has 3 N–H and O–H groups in total. The third-order valence-electron chi connectivity index (χ3n) is 2.67. The van der Waals surface area contributed by atoms with E-state index in [4.69, 9.17) is 29.1 Å². The molecule has 0 fully saturated rings. The molecule has 1 aromatic rings. The first kappa shape index (κ1) is 27.4. The van der Waals surface area contributed by atoms with Gasteiger partial charge in [0.15, 0.2) is 0 Å². The third kappa shape index (κ3) is 10.6. The van der Waals surface area contributed by atoms with Crippen molar-refractivity contribution in [3.63, 3.8) is 0 Å². The van der Waals surface area contributed by atoms with E-state index in [1.807, 2.05) is 0 Å². The van der Waals surface area contributed by atoms with E-state index in [2.05, 4.69) is 0 Å². The predicted octanol–water partition coefficient (Wildman–Crippen LogP) is 2.72. The summed E-state index contributed by atoms with van der Waals surface area (Å²) in [5.41, 5.74) is 0. The van der Waals surface area contributed by atoms with Crippen LogP contribution in [-0.4, -0.2) is 72.3 Å². The van der Waals surface area contributed by atoms with Gasteiger partial charge in [-0.1, -0.05) is 0 Å². The molecule has 0 bridgehead atoms. The number of halogens is 7. The summed E-state index contributed by atoms with van der Waals surface area (Å²) in [6.45, 7) is 0. The zero-order valence-electron chi connectivity index (χ0n) is 12.9. The molecule has 154 valence electrons. The Hall–Kier alpha value is 0.350. The van der Waals surface area contributed by atoms with Gasteiger partial charge in [0.05, 0.1) is 0 Å². The van der Waals surface area contributed by atoms with Crippen molar-refractivity contribution in [2.24, 2.45) is 5.92 Å². The van der Waals surface area contributed by atoms with Crippen molar-refractivity contribution in [2.75, 3.05) is 0 Å². The van der Waals surface area contributed by atoms with Crippen LogP contribution in [0.1, 0.15) is 0 Å². The summed E-state index contributed by atoms with van der Waals surface area (Å²) >= 11 is 6.00. The van der Waals surface area contributed by atoms with Crippen molar-refractivity contribution in [1.82, 2.24) is 4.72 Å². The monoisotopic (exact) mass is 495 g/mol. The minimum Gasteiger partial charge on any atom is -0.264 e. The van der Waals surface area contributed by atoms with E-state index in [9.17, 15) is 34.8 Å². The van der Waals surface area contributed by atoms with Gasteiger partial charge in [-0.05, 0) is 0 Å². The number of thiophene rings is 1. The number of nitrogens with one attached hydrogen (secondary N) is 1. The van der Waals surface area contributed by atoms with Crippen LogP contribution in [0.3, 0.4) is 0 Å². The van der Waals surface area contributed by atoms with Gasteiger partial charge in [0.2, 0.25) is 0 Å². The molecular weight excluding hydrogens is 487 g/mol. The number of sulfonamides is 1. The van der Waals surface area contributed by atoms with Crippen molar-refractivity contribution in [3.8, 4) is 0 Å². The van der Waals surface area contributed by atoms with Gasteiger partial charge < -0.3 is 0 Å². The summed E-state index contributed by atoms with van der Waals surface area (Å²) in [6, 6.07) is -0.116. The van der Waals surface area contributed by atoms with Gasteiger partial charge in [-0.25, -0.2) is 0 Å². The van der Waals surface area contributed by atoms with Crippen LogP contribution in [0.15, 0.2) is 16.3 Å². The van der Waals surface area contributed by atoms with Crippen molar-refractivity contribution in [2.45, 2.75) is 26.3 Å². The topological polar surface area (TPSA) is 121 Å². The summed E-state index contributed by atoms with van der Waals surface area (Å²) in [6.07, 6.45) is -11.2. The van der Waals surface area contributed by atoms with Crippen LogP contribution in [-0.2, 0) is 20.4 Å². The summed E-state index contributed by atoms with van der Waals surface area (Å²) < 4.78 is 132. The van der Waals surface area contributed by atoms with E-state index in [-0.39, 0.29) is 32.3 Å². The molecule has 0 unspecified atom stereocenters. The summed E-state index contributed by atoms with van der Waals surface area (Å²) in [5.74, 6) is -3.76. The second kappa shape index (κ2) is 9.90. The molecule has 0 spiro atoms. The number of alkyl halides is 6. The molecule has 0 saturated carbocycles. The molecule has 0 saturated heterocycles. The molecule has 1 aromatic heterocycles. The Labute approximate surface area is 176 Å². The Morgan fingerprint density at radius 3 is 1.74 bits per heavy atom. The Bertz CT molecular complexity index is 802. The molecule has 0 amide bonds. The van der Waals surface area contributed by atoms with Crippen LogP contribution in [0.2, 0.25) is 8.01 Å². The Morgan fingerprint density at radius 1 is 1.07 bits per heavy atom. The Balaban J connectivity index is 0.00000119. The van der Waals surface area contributed by atoms with Crippen LogP contribution >= 0.6 is 22.9 Å². The molecule has 1 atom stereocenters. The largest absolute Gasteiger partial charge is 0.394 e. The fourth-order valence-corrected chi connectivity index (χ4v) is 5.53. The van der Waals surface area contributed by atoms with E-state index in [1.54, 1.807) is 0 Å².